The Morgan fingerprint density at radius 3 is 2.71 bits per heavy atom. The first kappa shape index (κ1) is 21.9. The molecule has 0 aliphatic rings. The van der Waals surface area contributed by atoms with Crippen LogP contribution in [0, 0.1) is 0 Å². The van der Waals surface area contributed by atoms with Crippen LogP contribution in [0.5, 0.6) is 5.88 Å². The Hall–Kier alpha value is -3.82. The van der Waals surface area contributed by atoms with E-state index in [4.69, 9.17) is 9.57 Å². The molecule has 0 bridgehead atoms. The van der Waals surface area contributed by atoms with Crippen LogP contribution in [0.1, 0.15) is 43.3 Å². The number of ether oxygens (including phenoxy) is 1. The highest BCUT2D eigenvalue weighted by atomic mass is 16.6. The molecule has 1 aromatic carbocycles. The number of carbonyl (C=O) groups excluding carboxylic acids is 1. The molecule has 0 atom stereocenters. The van der Waals surface area contributed by atoms with E-state index in [-0.39, 0.29) is 12.5 Å². The lowest BCUT2D eigenvalue weighted by molar-refractivity contribution is 0.127. The monoisotopic (exact) mass is 423 g/mol. The number of hydrogen-bond acceptors (Lipinski definition) is 8. The van der Waals surface area contributed by atoms with E-state index >= 15 is 0 Å². The Morgan fingerprint density at radius 2 is 1.97 bits per heavy atom. The van der Waals surface area contributed by atoms with Crippen LogP contribution in [-0.4, -0.2) is 43.5 Å². The van der Waals surface area contributed by atoms with Crippen molar-refractivity contribution in [1.29, 1.82) is 0 Å². The molecule has 2 heterocycles. The Labute approximate surface area is 180 Å². The highest BCUT2D eigenvalue weighted by Gasteiger charge is 2.15. The minimum absolute atomic E-state index is 0.0803. The number of hydrogen-bond donors (Lipinski definition) is 1. The average Bonchev–Trinajstić information content (AvgIpc) is 3.21. The van der Waals surface area contributed by atoms with Gasteiger partial charge in [0.05, 0.1) is 5.69 Å². The van der Waals surface area contributed by atoms with E-state index in [0.29, 0.717) is 23.8 Å². The van der Waals surface area contributed by atoms with Gasteiger partial charge >= 0.3 is 6.09 Å². The molecular formula is C21H25N7O3. The number of benzene rings is 1. The normalized spacial score (nSPS) is 11.2. The van der Waals surface area contributed by atoms with Gasteiger partial charge in [-0.25, -0.2) is 14.5 Å². The van der Waals surface area contributed by atoms with E-state index in [1.165, 1.54) is 4.68 Å². The first-order chi connectivity index (χ1) is 15.2. The topological polar surface area (TPSA) is 116 Å². The number of nitrogens with one attached hydrogen (secondary N) is 1. The molecule has 3 rings (SSSR count). The smallest absolute Gasteiger partial charge is 0.391 e. The maximum Gasteiger partial charge on any atom is 0.413 e. The number of unbranched alkanes of at least 4 members (excludes halogenated alkanes) is 2. The molecule has 1 amide bonds. The molecule has 1 N–H and O–H groups in total. The summed E-state index contributed by atoms with van der Waals surface area (Å²) in [6.45, 7) is 2.76. The van der Waals surface area contributed by atoms with Crippen molar-refractivity contribution in [3.8, 4) is 5.88 Å². The van der Waals surface area contributed by atoms with Crippen molar-refractivity contribution >= 4 is 11.8 Å². The highest BCUT2D eigenvalue weighted by molar-refractivity contribution is 6.10. The standard InChI is InChI=1S/C21H25N7O3/c1-3-4-8-14-22-21(29)31-18-13-9-12-17(23-18)15-30-25-19(16-10-6-5-7-11-16)20-24-26-27-28(20)2/h5-7,9-13H,3-4,8,14-15H2,1-2H3,(H,22,29). The molecule has 3 aromatic rings. The number of aryl methyl sites for hydroxylation is 1. The zero-order valence-electron chi connectivity index (χ0n) is 17.6. The van der Waals surface area contributed by atoms with E-state index in [2.05, 4.69) is 37.9 Å². The highest BCUT2D eigenvalue weighted by Crippen LogP contribution is 2.11. The number of pyridine rings is 1. The molecule has 0 aliphatic carbocycles. The molecule has 0 aliphatic heterocycles. The second-order valence-corrected chi connectivity index (χ2v) is 6.70. The minimum atomic E-state index is -0.527. The Morgan fingerprint density at radius 1 is 1.13 bits per heavy atom. The fourth-order valence-corrected chi connectivity index (χ4v) is 2.70. The second kappa shape index (κ2) is 11.4. The Bertz CT molecular complexity index is 1000. The van der Waals surface area contributed by atoms with Gasteiger partial charge in [-0.2, -0.15) is 0 Å². The molecule has 31 heavy (non-hydrogen) atoms. The van der Waals surface area contributed by atoms with Crippen molar-refractivity contribution in [1.82, 2.24) is 30.5 Å². The Kier molecular flexibility index (Phi) is 8.04. The van der Waals surface area contributed by atoms with E-state index in [9.17, 15) is 4.79 Å². The van der Waals surface area contributed by atoms with Gasteiger partial charge in [0.25, 0.3) is 0 Å². The predicted molar refractivity (Wildman–Crippen MR) is 113 cm³/mol. The van der Waals surface area contributed by atoms with Gasteiger partial charge < -0.3 is 14.9 Å². The molecular weight excluding hydrogens is 398 g/mol. The van der Waals surface area contributed by atoms with Crippen molar-refractivity contribution < 1.29 is 14.4 Å². The molecule has 0 radical (unpaired) electrons. The van der Waals surface area contributed by atoms with E-state index in [1.54, 1.807) is 25.2 Å². The summed E-state index contributed by atoms with van der Waals surface area (Å²) in [5.41, 5.74) is 1.86. The number of oxime groups is 1. The number of amides is 1. The number of carbonyl (C=O) groups is 1. The minimum Gasteiger partial charge on any atom is -0.391 e. The second-order valence-electron chi connectivity index (χ2n) is 6.70. The van der Waals surface area contributed by atoms with E-state index in [1.807, 2.05) is 30.3 Å². The maximum absolute atomic E-state index is 11.9. The third-order valence-electron chi connectivity index (χ3n) is 4.28. The van der Waals surface area contributed by atoms with Crippen LogP contribution in [0.4, 0.5) is 4.79 Å². The summed E-state index contributed by atoms with van der Waals surface area (Å²) in [6.07, 6.45) is 2.53. The number of nitrogens with zero attached hydrogens (tertiary/aromatic N) is 6. The summed E-state index contributed by atoms with van der Waals surface area (Å²) in [7, 11) is 1.73. The molecule has 0 unspecified atom stereocenters. The van der Waals surface area contributed by atoms with Gasteiger partial charge in [0.15, 0.2) is 12.3 Å². The molecule has 10 heteroatoms. The summed E-state index contributed by atoms with van der Waals surface area (Å²) in [5, 5.41) is 18.5. The third-order valence-corrected chi connectivity index (χ3v) is 4.28. The van der Waals surface area contributed by atoms with Crippen molar-refractivity contribution in [2.75, 3.05) is 6.54 Å². The van der Waals surface area contributed by atoms with Crippen LogP contribution >= 0.6 is 0 Å². The van der Waals surface area contributed by atoms with Crippen LogP contribution in [0.15, 0.2) is 53.7 Å². The van der Waals surface area contributed by atoms with Gasteiger partial charge in [-0.3, -0.25) is 0 Å². The van der Waals surface area contributed by atoms with Gasteiger partial charge in [-0.1, -0.05) is 61.3 Å². The van der Waals surface area contributed by atoms with Gasteiger partial charge in [-0.05, 0) is 22.9 Å². The molecule has 0 saturated carbocycles. The number of rotatable bonds is 10. The number of aromatic nitrogens is 5. The van der Waals surface area contributed by atoms with Crippen molar-refractivity contribution in [2.24, 2.45) is 12.2 Å². The summed E-state index contributed by atoms with van der Waals surface area (Å²) in [6, 6.07) is 14.6. The average molecular weight is 423 g/mol. The lowest BCUT2D eigenvalue weighted by Crippen LogP contribution is -2.28. The molecule has 0 saturated heterocycles. The van der Waals surface area contributed by atoms with Gasteiger partial charge in [0.1, 0.15) is 0 Å². The molecule has 0 fully saturated rings. The molecule has 10 nitrogen and oxygen atoms in total. The largest absolute Gasteiger partial charge is 0.413 e. The summed E-state index contributed by atoms with van der Waals surface area (Å²) < 4.78 is 6.74. The van der Waals surface area contributed by atoms with Gasteiger partial charge in [0.2, 0.25) is 11.7 Å². The van der Waals surface area contributed by atoms with Crippen LogP contribution in [0.25, 0.3) is 0 Å². The lowest BCUT2D eigenvalue weighted by Gasteiger charge is -2.08. The zero-order valence-corrected chi connectivity index (χ0v) is 17.6. The van der Waals surface area contributed by atoms with Crippen LogP contribution in [0.2, 0.25) is 0 Å². The van der Waals surface area contributed by atoms with Crippen LogP contribution < -0.4 is 10.1 Å². The zero-order chi connectivity index (χ0) is 21.9. The van der Waals surface area contributed by atoms with Crippen molar-refractivity contribution in [3.05, 3.63) is 65.6 Å². The number of tetrazole rings is 1. The van der Waals surface area contributed by atoms with Gasteiger partial charge in [-0.15, -0.1) is 5.10 Å². The third kappa shape index (κ3) is 6.59. The van der Waals surface area contributed by atoms with E-state index in [0.717, 1.165) is 24.8 Å². The summed E-state index contributed by atoms with van der Waals surface area (Å²) in [4.78, 5) is 21.7. The summed E-state index contributed by atoms with van der Waals surface area (Å²) >= 11 is 0. The van der Waals surface area contributed by atoms with Crippen molar-refractivity contribution in [3.63, 3.8) is 0 Å². The first-order valence-corrected chi connectivity index (χ1v) is 10.1. The van der Waals surface area contributed by atoms with Crippen molar-refractivity contribution in [2.45, 2.75) is 32.8 Å². The molecule has 162 valence electrons. The fraction of sp³-hybridized carbons (Fsp3) is 0.333. The predicted octanol–water partition coefficient (Wildman–Crippen LogP) is 2.85. The quantitative estimate of drug-likeness (QED) is 0.303. The SMILES string of the molecule is CCCCCNC(=O)Oc1cccc(CON=C(c2ccccc2)c2nnnn2C)n1. The van der Waals surface area contributed by atoms with Crippen LogP contribution in [0.3, 0.4) is 0 Å². The van der Waals surface area contributed by atoms with Gasteiger partial charge in [0, 0.05) is 25.2 Å². The first-order valence-electron chi connectivity index (χ1n) is 10.1. The summed E-state index contributed by atoms with van der Waals surface area (Å²) in [5.74, 6) is 0.662. The Balaban J connectivity index is 1.63. The fourth-order valence-electron chi connectivity index (χ4n) is 2.70. The van der Waals surface area contributed by atoms with Crippen LogP contribution in [-0.2, 0) is 18.5 Å². The molecule has 0 spiro atoms. The lowest BCUT2D eigenvalue weighted by atomic mass is 10.1. The molecule has 2 aromatic heterocycles. The maximum atomic E-state index is 11.9. The van der Waals surface area contributed by atoms with E-state index < -0.39 is 6.09 Å².